The molecular weight excluding hydrogens is 260 g/mol. The summed E-state index contributed by atoms with van der Waals surface area (Å²) in [7, 11) is 1.34. The zero-order valence-electron chi connectivity index (χ0n) is 9.96. The molecule has 0 saturated heterocycles. The molecule has 2 rings (SSSR count). The van der Waals surface area contributed by atoms with Crippen LogP contribution in [0, 0.1) is 5.82 Å². The van der Waals surface area contributed by atoms with Crippen molar-refractivity contribution in [2.45, 2.75) is 6.18 Å². The highest BCUT2D eigenvalue weighted by Gasteiger charge is 2.30. The van der Waals surface area contributed by atoms with E-state index in [4.69, 9.17) is 4.74 Å². The van der Waals surface area contributed by atoms with Gasteiger partial charge in [-0.15, -0.1) is 0 Å². The van der Waals surface area contributed by atoms with Crippen LogP contribution in [0.25, 0.3) is 11.1 Å². The van der Waals surface area contributed by atoms with Gasteiger partial charge in [0.15, 0.2) is 0 Å². The molecule has 100 valence electrons. The van der Waals surface area contributed by atoms with Crippen LogP contribution in [0.2, 0.25) is 0 Å². The third-order valence-corrected chi connectivity index (χ3v) is 2.67. The van der Waals surface area contributed by atoms with Gasteiger partial charge in [-0.2, -0.15) is 13.2 Å². The Morgan fingerprint density at radius 2 is 1.68 bits per heavy atom. The van der Waals surface area contributed by atoms with Gasteiger partial charge in [0, 0.05) is 0 Å². The Hall–Kier alpha value is -2.04. The molecule has 0 saturated carbocycles. The van der Waals surface area contributed by atoms with Crippen molar-refractivity contribution in [2.24, 2.45) is 0 Å². The molecule has 0 N–H and O–H groups in total. The Morgan fingerprint density at radius 3 is 2.32 bits per heavy atom. The maximum atomic E-state index is 13.8. The Bertz CT molecular complexity index is 590. The molecule has 0 bridgehead atoms. The van der Waals surface area contributed by atoms with Gasteiger partial charge in [0.1, 0.15) is 11.6 Å². The number of methoxy groups -OCH3 is 1. The van der Waals surface area contributed by atoms with Crippen molar-refractivity contribution >= 4 is 0 Å². The van der Waals surface area contributed by atoms with Crippen molar-refractivity contribution in [3.8, 4) is 16.9 Å². The minimum Gasteiger partial charge on any atom is -0.496 e. The molecule has 0 fully saturated rings. The van der Waals surface area contributed by atoms with Crippen LogP contribution in [0.3, 0.4) is 0 Å². The molecule has 0 aromatic heterocycles. The van der Waals surface area contributed by atoms with Gasteiger partial charge < -0.3 is 4.74 Å². The number of halogens is 4. The van der Waals surface area contributed by atoms with Gasteiger partial charge in [-0.1, -0.05) is 18.2 Å². The summed E-state index contributed by atoms with van der Waals surface area (Å²) < 4.78 is 56.7. The second-order valence-corrected chi connectivity index (χ2v) is 3.90. The van der Waals surface area contributed by atoms with Crippen LogP contribution in [0.5, 0.6) is 5.75 Å². The second kappa shape index (κ2) is 4.91. The molecule has 5 heteroatoms. The van der Waals surface area contributed by atoms with Crippen molar-refractivity contribution in [3.05, 3.63) is 53.8 Å². The van der Waals surface area contributed by atoms with Crippen LogP contribution in [-0.4, -0.2) is 7.11 Å². The summed E-state index contributed by atoms with van der Waals surface area (Å²) in [6.45, 7) is 0. The van der Waals surface area contributed by atoms with Gasteiger partial charge in [-0.25, -0.2) is 4.39 Å². The first kappa shape index (κ1) is 13.4. The Kier molecular flexibility index (Phi) is 3.46. The van der Waals surface area contributed by atoms with Crippen molar-refractivity contribution in [2.75, 3.05) is 7.11 Å². The lowest BCUT2D eigenvalue weighted by Crippen LogP contribution is -2.04. The fraction of sp³-hybridized carbons (Fsp3) is 0.143. The molecule has 2 aromatic carbocycles. The molecule has 0 radical (unpaired) electrons. The topological polar surface area (TPSA) is 9.23 Å². The largest absolute Gasteiger partial charge is 0.496 e. The molecule has 0 spiro atoms. The first-order valence-corrected chi connectivity index (χ1v) is 5.43. The number of benzene rings is 2. The summed E-state index contributed by atoms with van der Waals surface area (Å²) in [5.74, 6) is -0.432. The van der Waals surface area contributed by atoms with E-state index in [2.05, 4.69) is 0 Å². The summed E-state index contributed by atoms with van der Waals surface area (Å²) in [5, 5.41) is 0. The van der Waals surface area contributed by atoms with Gasteiger partial charge in [-0.3, -0.25) is 0 Å². The maximum absolute atomic E-state index is 13.8. The zero-order chi connectivity index (χ0) is 14.0. The van der Waals surface area contributed by atoms with E-state index in [1.54, 1.807) is 0 Å². The summed E-state index contributed by atoms with van der Waals surface area (Å²) >= 11 is 0. The minimum atomic E-state index is -4.46. The van der Waals surface area contributed by atoms with E-state index < -0.39 is 17.6 Å². The van der Waals surface area contributed by atoms with E-state index in [1.807, 2.05) is 0 Å². The average molecular weight is 270 g/mol. The molecule has 0 aliphatic carbocycles. The molecular formula is C14H10F4O. The normalized spacial score (nSPS) is 11.4. The molecule has 19 heavy (non-hydrogen) atoms. The van der Waals surface area contributed by atoms with Crippen molar-refractivity contribution < 1.29 is 22.3 Å². The quantitative estimate of drug-likeness (QED) is 0.729. The van der Waals surface area contributed by atoms with Gasteiger partial charge in [-0.05, 0) is 29.8 Å². The van der Waals surface area contributed by atoms with E-state index in [9.17, 15) is 17.6 Å². The van der Waals surface area contributed by atoms with Crippen LogP contribution in [-0.2, 0) is 6.18 Å². The van der Waals surface area contributed by atoms with Gasteiger partial charge in [0.2, 0.25) is 0 Å². The van der Waals surface area contributed by atoms with E-state index in [0.717, 1.165) is 12.1 Å². The molecule has 0 amide bonds. The van der Waals surface area contributed by atoms with E-state index >= 15 is 0 Å². The maximum Gasteiger partial charge on any atom is 0.416 e. The van der Waals surface area contributed by atoms with E-state index in [-0.39, 0.29) is 16.9 Å². The molecule has 1 nitrogen and oxygen atoms in total. The number of hydrogen-bond acceptors (Lipinski definition) is 1. The fourth-order valence-corrected chi connectivity index (χ4v) is 1.81. The highest BCUT2D eigenvalue weighted by molar-refractivity contribution is 5.71. The molecule has 0 heterocycles. The molecule has 0 aliphatic heterocycles. The first-order valence-electron chi connectivity index (χ1n) is 5.43. The summed E-state index contributed by atoms with van der Waals surface area (Å²) in [6.07, 6.45) is -4.46. The lowest BCUT2D eigenvalue weighted by molar-refractivity contribution is -0.137. The molecule has 0 aliphatic rings. The van der Waals surface area contributed by atoms with Crippen LogP contribution in [0.15, 0.2) is 42.5 Å². The summed E-state index contributed by atoms with van der Waals surface area (Å²) in [4.78, 5) is 0. The lowest BCUT2D eigenvalue weighted by Gasteiger charge is -2.12. The lowest BCUT2D eigenvalue weighted by atomic mass is 10.0. The summed E-state index contributed by atoms with van der Waals surface area (Å²) in [5.41, 5.74) is -0.670. The number of ether oxygens (including phenoxy) is 1. The highest BCUT2D eigenvalue weighted by atomic mass is 19.4. The Labute approximate surface area is 107 Å². The summed E-state index contributed by atoms with van der Waals surface area (Å²) in [6, 6.07) is 8.61. The van der Waals surface area contributed by atoms with Crippen molar-refractivity contribution in [1.29, 1.82) is 0 Å². The third kappa shape index (κ3) is 2.70. The monoisotopic (exact) mass is 270 g/mol. The molecule has 0 unspecified atom stereocenters. The Balaban J connectivity index is 2.60. The first-order chi connectivity index (χ1) is 8.93. The van der Waals surface area contributed by atoms with Gasteiger partial charge in [0.05, 0.1) is 18.2 Å². The third-order valence-electron chi connectivity index (χ3n) is 2.67. The molecule has 2 aromatic rings. The number of rotatable bonds is 2. The SMILES string of the molecule is COc1cccc(F)c1-c1cccc(C(F)(F)F)c1. The van der Waals surface area contributed by atoms with Crippen molar-refractivity contribution in [3.63, 3.8) is 0 Å². The Morgan fingerprint density at radius 1 is 1.00 bits per heavy atom. The predicted octanol–water partition coefficient (Wildman–Crippen LogP) is 4.52. The van der Waals surface area contributed by atoms with E-state index in [0.29, 0.717) is 0 Å². The van der Waals surface area contributed by atoms with Gasteiger partial charge in [0.25, 0.3) is 0 Å². The predicted molar refractivity (Wildman–Crippen MR) is 63.4 cm³/mol. The van der Waals surface area contributed by atoms with Gasteiger partial charge >= 0.3 is 6.18 Å². The van der Waals surface area contributed by atoms with Crippen LogP contribution >= 0.6 is 0 Å². The van der Waals surface area contributed by atoms with E-state index in [1.165, 1.54) is 37.4 Å². The van der Waals surface area contributed by atoms with Crippen LogP contribution in [0.4, 0.5) is 17.6 Å². The highest BCUT2D eigenvalue weighted by Crippen LogP contribution is 2.36. The standard InChI is InChI=1S/C14H10F4O/c1-19-12-7-3-6-11(15)13(12)9-4-2-5-10(8-9)14(16,17)18/h2-8H,1H3. The van der Waals surface area contributed by atoms with Crippen LogP contribution in [0.1, 0.15) is 5.56 Å². The van der Waals surface area contributed by atoms with Crippen LogP contribution < -0.4 is 4.74 Å². The smallest absolute Gasteiger partial charge is 0.416 e. The fourth-order valence-electron chi connectivity index (χ4n) is 1.81. The number of hydrogen-bond donors (Lipinski definition) is 0. The second-order valence-electron chi connectivity index (χ2n) is 3.90. The van der Waals surface area contributed by atoms with Crippen molar-refractivity contribution in [1.82, 2.24) is 0 Å². The zero-order valence-corrected chi connectivity index (χ0v) is 9.96. The molecule has 0 atom stereocenters. The average Bonchev–Trinajstić information content (AvgIpc) is 2.37. The number of alkyl halides is 3. The minimum absolute atomic E-state index is 0.0242.